The highest BCUT2D eigenvalue weighted by molar-refractivity contribution is 7.22. The molecule has 2 N–H and O–H groups in total. The second-order valence-corrected chi connectivity index (χ2v) is 6.21. The second-order valence-electron chi connectivity index (χ2n) is 5.21. The van der Waals surface area contributed by atoms with Gasteiger partial charge >= 0.3 is 0 Å². The van der Waals surface area contributed by atoms with Crippen LogP contribution in [0.15, 0.2) is 54.6 Å². The van der Waals surface area contributed by atoms with Crippen molar-refractivity contribution in [3.8, 4) is 5.75 Å². The van der Waals surface area contributed by atoms with Crippen molar-refractivity contribution in [1.29, 1.82) is 0 Å². The van der Waals surface area contributed by atoms with Crippen LogP contribution in [0.25, 0.3) is 21.0 Å². The molecular weight excluding hydrogens is 328 g/mol. The Bertz CT molecular complexity index is 983. The van der Waals surface area contributed by atoms with Crippen LogP contribution in [-0.2, 0) is 0 Å². The quantitative estimate of drug-likeness (QED) is 0.587. The van der Waals surface area contributed by atoms with Gasteiger partial charge in [-0.1, -0.05) is 53.8 Å². The number of hydrogen-bond donors (Lipinski definition) is 2. The Kier molecular flexibility index (Phi) is 4.11. The van der Waals surface area contributed by atoms with E-state index in [1.165, 1.54) is 0 Å². The zero-order valence-electron chi connectivity index (χ0n) is 12.4. The third-order valence-corrected chi connectivity index (χ3v) is 4.88. The lowest BCUT2D eigenvalue weighted by atomic mass is 10.0. The highest BCUT2D eigenvalue weighted by Gasteiger charge is 2.15. The topological polar surface area (TPSA) is 45.2 Å². The van der Waals surface area contributed by atoms with Gasteiger partial charge in [-0.25, -0.2) is 4.98 Å². The van der Waals surface area contributed by atoms with Crippen LogP contribution >= 0.6 is 11.3 Å². The van der Waals surface area contributed by atoms with Gasteiger partial charge in [0.15, 0.2) is 5.13 Å². The van der Waals surface area contributed by atoms with Crippen molar-refractivity contribution >= 4 is 43.1 Å². The summed E-state index contributed by atoms with van der Waals surface area (Å²) in [5.74, 6) is 0.345. The first-order valence-electron chi connectivity index (χ1n) is 7.07. The number of phenols is 1. The molecule has 0 spiro atoms. The number of aromatic hydroxyl groups is 1. The molecule has 1 heterocycles. The number of nitrogens with zero attached hydrogens (tertiary/aromatic N) is 1. The number of anilines is 2. The minimum atomic E-state index is 0. The van der Waals surface area contributed by atoms with E-state index in [-0.39, 0.29) is 12.4 Å². The van der Waals surface area contributed by atoms with Crippen molar-refractivity contribution in [1.82, 2.24) is 4.98 Å². The van der Waals surface area contributed by atoms with Crippen LogP contribution in [0.2, 0.25) is 0 Å². The molecule has 116 valence electrons. The van der Waals surface area contributed by atoms with E-state index in [0.717, 1.165) is 37.4 Å². The molecule has 0 aliphatic carbocycles. The lowest BCUT2D eigenvalue weighted by Gasteiger charge is -2.05. The minimum absolute atomic E-state index is 0. The third kappa shape index (κ3) is 2.60. The Morgan fingerprint density at radius 2 is 1.61 bits per heavy atom. The molecule has 0 amide bonds. The summed E-state index contributed by atoms with van der Waals surface area (Å²) in [6.45, 7) is 1.94. The van der Waals surface area contributed by atoms with Crippen LogP contribution in [0.4, 0.5) is 10.8 Å². The average molecular weight is 342 g/mol. The van der Waals surface area contributed by atoms with Crippen molar-refractivity contribution in [2.24, 2.45) is 0 Å². The van der Waals surface area contributed by atoms with Gasteiger partial charge in [0, 0.05) is 22.0 Å². The van der Waals surface area contributed by atoms with Gasteiger partial charge in [-0.15, -0.1) is 0 Å². The number of nitrogens with one attached hydrogen (secondary N) is 1. The zero-order chi connectivity index (χ0) is 15.1. The normalized spacial score (nSPS) is 10.7. The maximum atomic E-state index is 10.4. The van der Waals surface area contributed by atoms with E-state index in [4.69, 9.17) is 4.98 Å². The van der Waals surface area contributed by atoms with Crippen LogP contribution in [-0.4, -0.2) is 10.1 Å². The highest BCUT2D eigenvalue weighted by Crippen LogP contribution is 2.40. The maximum Gasteiger partial charge on any atom is 0.188 e. The first-order valence-corrected chi connectivity index (χ1v) is 7.88. The first-order chi connectivity index (χ1) is 10.7. The monoisotopic (exact) mass is 341 g/mol. The third-order valence-electron chi connectivity index (χ3n) is 3.79. The summed E-state index contributed by atoms with van der Waals surface area (Å²) >= 11 is 1.57. The molecule has 5 heteroatoms. The van der Waals surface area contributed by atoms with E-state index in [9.17, 15) is 5.11 Å². The Morgan fingerprint density at radius 3 is 2.35 bits per heavy atom. The molecular formula is C18H14ClN2OS-. The molecule has 0 saturated carbocycles. The number of aromatic nitrogens is 1. The van der Waals surface area contributed by atoms with Gasteiger partial charge in [0.2, 0.25) is 0 Å². The van der Waals surface area contributed by atoms with Crippen molar-refractivity contribution in [2.45, 2.75) is 6.92 Å². The molecule has 4 aromatic rings. The summed E-state index contributed by atoms with van der Waals surface area (Å²) in [7, 11) is 0. The van der Waals surface area contributed by atoms with Crippen LogP contribution in [0.1, 0.15) is 5.56 Å². The molecule has 0 bridgehead atoms. The summed E-state index contributed by atoms with van der Waals surface area (Å²) in [6.07, 6.45) is 0. The zero-order valence-corrected chi connectivity index (χ0v) is 13.9. The number of halogens is 1. The van der Waals surface area contributed by atoms with Crippen molar-refractivity contribution < 1.29 is 17.5 Å². The molecule has 1 aromatic heterocycles. The molecule has 3 nitrogen and oxygen atoms in total. The Hall–Kier alpha value is -2.30. The summed E-state index contributed by atoms with van der Waals surface area (Å²) in [5.41, 5.74) is 2.83. The van der Waals surface area contributed by atoms with Gasteiger partial charge in [-0.3, -0.25) is 0 Å². The van der Waals surface area contributed by atoms with E-state index in [1.54, 1.807) is 11.3 Å². The molecule has 0 fully saturated rings. The van der Waals surface area contributed by atoms with E-state index in [1.807, 2.05) is 61.5 Å². The Balaban J connectivity index is 0.00000156. The SMILES string of the molecule is Cc1c(O)c2ccccc2c2nc(Nc3ccccc3)sc12.[Cl-]. The number of fused-ring (bicyclic) bond motifs is 3. The van der Waals surface area contributed by atoms with Crippen LogP contribution in [0.5, 0.6) is 5.75 Å². The number of para-hydroxylation sites is 1. The lowest BCUT2D eigenvalue weighted by molar-refractivity contribution is -0.00000517. The molecule has 0 saturated heterocycles. The van der Waals surface area contributed by atoms with Crippen molar-refractivity contribution in [3.05, 3.63) is 60.2 Å². The summed E-state index contributed by atoms with van der Waals surface area (Å²) in [6, 6.07) is 17.8. The first kappa shape index (κ1) is 15.6. The molecule has 0 unspecified atom stereocenters. The molecule has 0 radical (unpaired) electrons. The van der Waals surface area contributed by atoms with Gasteiger partial charge in [0.25, 0.3) is 0 Å². The Morgan fingerprint density at radius 1 is 0.957 bits per heavy atom. The molecule has 0 atom stereocenters. The predicted molar refractivity (Wildman–Crippen MR) is 93.3 cm³/mol. The van der Waals surface area contributed by atoms with Gasteiger partial charge in [-0.2, -0.15) is 0 Å². The fraction of sp³-hybridized carbons (Fsp3) is 0.0556. The standard InChI is InChI=1S/C18H14N2OS.ClH/c1-11-16(21)14-10-6-5-9-13(14)15-17(11)22-18(20-15)19-12-7-3-2-4-8-12;/h2-10,21H,1H3,(H,19,20);1H/p-1. The van der Waals surface area contributed by atoms with Crippen LogP contribution in [0, 0.1) is 6.92 Å². The largest absolute Gasteiger partial charge is 1.00 e. The summed E-state index contributed by atoms with van der Waals surface area (Å²) in [5, 5.41) is 16.4. The molecule has 4 rings (SSSR count). The predicted octanol–water partition coefficient (Wildman–Crippen LogP) is 2.21. The maximum absolute atomic E-state index is 10.4. The molecule has 23 heavy (non-hydrogen) atoms. The van der Waals surface area contributed by atoms with Gasteiger partial charge in [0.1, 0.15) is 5.75 Å². The van der Waals surface area contributed by atoms with E-state index in [0.29, 0.717) is 5.75 Å². The van der Waals surface area contributed by atoms with Crippen molar-refractivity contribution in [2.75, 3.05) is 5.32 Å². The van der Waals surface area contributed by atoms with Crippen molar-refractivity contribution in [3.63, 3.8) is 0 Å². The second kappa shape index (κ2) is 6.07. The lowest BCUT2D eigenvalue weighted by Crippen LogP contribution is -3.00. The van der Waals surface area contributed by atoms with Crippen LogP contribution < -0.4 is 17.7 Å². The fourth-order valence-electron chi connectivity index (χ4n) is 2.66. The minimum Gasteiger partial charge on any atom is -1.00 e. The number of phenolic OH excluding ortho intramolecular Hbond substituents is 1. The Labute approximate surface area is 144 Å². The molecule has 0 aliphatic rings. The van der Waals surface area contributed by atoms with Crippen LogP contribution in [0.3, 0.4) is 0 Å². The number of benzene rings is 3. The number of thiazole rings is 1. The molecule has 3 aromatic carbocycles. The van der Waals surface area contributed by atoms with E-state index >= 15 is 0 Å². The highest BCUT2D eigenvalue weighted by atomic mass is 35.5. The average Bonchev–Trinajstić information content (AvgIpc) is 2.98. The number of rotatable bonds is 2. The summed E-state index contributed by atoms with van der Waals surface area (Å²) < 4.78 is 1.02. The van der Waals surface area contributed by atoms with E-state index in [2.05, 4.69) is 5.32 Å². The smallest absolute Gasteiger partial charge is 0.188 e. The van der Waals surface area contributed by atoms with Gasteiger partial charge in [-0.05, 0) is 19.1 Å². The number of hydrogen-bond acceptors (Lipinski definition) is 4. The fourth-order valence-corrected chi connectivity index (χ4v) is 3.66. The number of aryl methyl sites for hydroxylation is 1. The molecule has 0 aliphatic heterocycles. The van der Waals surface area contributed by atoms with E-state index < -0.39 is 0 Å². The summed E-state index contributed by atoms with van der Waals surface area (Å²) in [4.78, 5) is 4.73. The van der Waals surface area contributed by atoms with Gasteiger partial charge < -0.3 is 22.8 Å². The van der Waals surface area contributed by atoms with Gasteiger partial charge in [0.05, 0.1) is 10.2 Å².